The Labute approximate surface area is 75.8 Å². The zero-order valence-corrected chi connectivity index (χ0v) is 7.59. The average Bonchev–Trinajstić information content (AvgIpc) is 2.04. The van der Waals surface area contributed by atoms with Crippen LogP contribution in [-0.2, 0) is 5.54 Å². The second-order valence-electron chi connectivity index (χ2n) is 3.30. The fraction of sp³-hybridized carbons (Fsp3) is 0.444. The third-order valence-electron chi connectivity index (χ3n) is 1.92. The summed E-state index contributed by atoms with van der Waals surface area (Å²) in [7, 11) is 0. The highest BCUT2D eigenvalue weighted by Crippen LogP contribution is 2.23. The van der Waals surface area contributed by atoms with Crippen molar-refractivity contribution in [3.63, 3.8) is 0 Å². The van der Waals surface area contributed by atoms with Gasteiger partial charge >= 0.3 is 0 Å². The molecule has 0 aromatic carbocycles. The molecule has 4 heteroatoms. The number of alkyl halides is 2. The maximum atomic E-state index is 12.4. The van der Waals surface area contributed by atoms with Crippen LogP contribution >= 0.6 is 0 Å². The topological polar surface area (TPSA) is 38.9 Å². The van der Waals surface area contributed by atoms with Gasteiger partial charge in [-0.1, -0.05) is 6.07 Å². The molecule has 0 bridgehead atoms. The molecule has 0 amide bonds. The molecule has 1 aromatic rings. The summed E-state index contributed by atoms with van der Waals surface area (Å²) in [6.45, 7) is 3.11. The van der Waals surface area contributed by atoms with E-state index in [-0.39, 0.29) is 5.69 Å². The first-order valence-electron chi connectivity index (χ1n) is 3.94. The zero-order valence-electron chi connectivity index (χ0n) is 7.59. The summed E-state index contributed by atoms with van der Waals surface area (Å²) in [5.74, 6) is 0. The minimum Gasteiger partial charge on any atom is -0.316 e. The van der Waals surface area contributed by atoms with Crippen molar-refractivity contribution >= 4 is 0 Å². The van der Waals surface area contributed by atoms with E-state index in [9.17, 15) is 8.78 Å². The lowest BCUT2D eigenvalue weighted by atomic mass is 9.99. The minimum absolute atomic E-state index is 0.216. The number of nitrogens with two attached hydrogens (primary N) is 1. The van der Waals surface area contributed by atoms with Gasteiger partial charge in [-0.05, 0) is 25.5 Å². The number of rotatable bonds is 2. The highest BCUT2D eigenvalue weighted by molar-refractivity contribution is 5.19. The Morgan fingerprint density at radius 3 is 2.46 bits per heavy atom. The van der Waals surface area contributed by atoms with Crippen molar-refractivity contribution in [2.75, 3.05) is 0 Å². The van der Waals surface area contributed by atoms with Crippen molar-refractivity contribution in [3.05, 3.63) is 29.6 Å². The van der Waals surface area contributed by atoms with Crippen LogP contribution < -0.4 is 5.73 Å². The number of nitrogens with zero attached hydrogens (tertiary/aromatic N) is 1. The van der Waals surface area contributed by atoms with Gasteiger partial charge in [0.15, 0.2) is 0 Å². The van der Waals surface area contributed by atoms with E-state index >= 15 is 0 Å². The van der Waals surface area contributed by atoms with Crippen molar-refractivity contribution in [3.8, 4) is 0 Å². The van der Waals surface area contributed by atoms with Crippen LogP contribution in [0.2, 0.25) is 0 Å². The first kappa shape index (κ1) is 10.1. The Morgan fingerprint density at radius 2 is 2.08 bits per heavy atom. The predicted molar refractivity (Wildman–Crippen MR) is 46.5 cm³/mol. The molecule has 13 heavy (non-hydrogen) atoms. The van der Waals surface area contributed by atoms with E-state index < -0.39 is 12.0 Å². The van der Waals surface area contributed by atoms with Crippen LogP contribution in [0.25, 0.3) is 0 Å². The molecule has 1 heterocycles. The summed E-state index contributed by atoms with van der Waals surface area (Å²) in [4.78, 5) is 3.87. The van der Waals surface area contributed by atoms with Gasteiger partial charge in [0.05, 0.1) is 5.69 Å². The van der Waals surface area contributed by atoms with Crippen molar-refractivity contribution in [1.29, 1.82) is 0 Å². The van der Waals surface area contributed by atoms with E-state index in [0.717, 1.165) is 5.56 Å². The summed E-state index contributed by atoms with van der Waals surface area (Å²) >= 11 is 0. The molecule has 0 aliphatic heterocycles. The second-order valence-corrected chi connectivity index (χ2v) is 3.30. The smallest absolute Gasteiger partial charge is 0.261 e. The first-order valence-corrected chi connectivity index (χ1v) is 3.94. The SMILES string of the molecule is Cc1ccc(C(C)(N)C(F)F)nc1. The van der Waals surface area contributed by atoms with Crippen LogP contribution in [-0.4, -0.2) is 11.4 Å². The normalized spacial score (nSPS) is 15.8. The third-order valence-corrected chi connectivity index (χ3v) is 1.92. The molecule has 2 N–H and O–H groups in total. The van der Waals surface area contributed by atoms with Gasteiger partial charge in [-0.2, -0.15) is 0 Å². The minimum atomic E-state index is -2.61. The van der Waals surface area contributed by atoms with Crippen LogP contribution in [0.15, 0.2) is 18.3 Å². The van der Waals surface area contributed by atoms with Gasteiger partial charge in [0, 0.05) is 6.20 Å². The maximum Gasteiger partial charge on any atom is 0.261 e. The van der Waals surface area contributed by atoms with Crippen LogP contribution in [0.1, 0.15) is 18.2 Å². The first-order chi connectivity index (χ1) is 5.94. The monoisotopic (exact) mass is 186 g/mol. The molecule has 0 aliphatic carbocycles. The van der Waals surface area contributed by atoms with E-state index in [0.29, 0.717) is 0 Å². The number of pyridine rings is 1. The van der Waals surface area contributed by atoms with Gasteiger partial charge in [0.25, 0.3) is 6.43 Å². The van der Waals surface area contributed by atoms with Gasteiger partial charge in [-0.3, -0.25) is 4.98 Å². The molecule has 0 fully saturated rings. The molecular weight excluding hydrogens is 174 g/mol. The largest absolute Gasteiger partial charge is 0.316 e. The molecular formula is C9H12F2N2. The number of aromatic nitrogens is 1. The molecule has 0 radical (unpaired) electrons. The number of aryl methyl sites for hydroxylation is 1. The van der Waals surface area contributed by atoms with E-state index in [4.69, 9.17) is 5.73 Å². The quantitative estimate of drug-likeness (QED) is 0.765. The fourth-order valence-corrected chi connectivity index (χ4v) is 0.898. The number of hydrogen-bond donors (Lipinski definition) is 1. The van der Waals surface area contributed by atoms with Gasteiger partial charge in [-0.15, -0.1) is 0 Å². The highest BCUT2D eigenvalue weighted by atomic mass is 19.3. The van der Waals surface area contributed by atoms with E-state index in [1.54, 1.807) is 6.07 Å². The van der Waals surface area contributed by atoms with E-state index in [1.165, 1.54) is 19.2 Å². The number of hydrogen-bond acceptors (Lipinski definition) is 2. The fourth-order valence-electron chi connectivity index (χ4n) is 0.898. The Morgan fingerprint density at radius 1 is 1.46 bits per heavy atom. The molecule has 0 spiro atoms. The van der Waals surface area contributed by atoms with Crippen molar-refractivity contribution in [1.82, 2.24) is 4.98 Å². The molecule has 0 saturated heterocycles. The lowest BCUT2D eigenvalue weighted by Gasteiger charge is -2.22. The molecule has 1 atom stereocenters. The molecule has 1 unspecified atom stereocenters. The average molecular weight is 186 g/mol. The lowest BCUT2D eigenvalue weighted by molar-refractivity contribution is 0.0602. The zero-order chi connectivity index (χ0) is 10.1. The van der Waals surface area contributed by atoms with Crippen LogP contribution in [0.4, 0.5) is 8.78 Å². The molecule has 72 valence electrons. The molecule has 0 saturated carbocycles. The number of halogens is 2. The Bertz CT molecular complexity index is 280. The van der Waals surface area contributed by atoms with Gasteiger partial charge in [0.1, 0.15) is 5.54 Å². The Hall–Kier alpha value is -1.03. The Kier molecular flexibility index (Phi) is 2.61. The van der Waals surface area contributed by atoms with Crippen LogP contribution in [0.3, 0.4) is 0 Å². The summed E-state index contributed by atoms with van der Waals surface area (Å²) in [5.41, 5.74) is 4.90. The van der Waals surface area contributed by atoms with E-state index in [1.807, 2.05) is 6.92 Å². The highest BCUT2D eigenvalue weighted by Gasteiger charge is 2.33. The Balaban J connectivity index is 3.01. The van der Waals surface area contributed by atoms with Crippen molar-refractivity contribution in [2.24, 2.45) is 5.73 Å². The van der Waals surface area contributed by atoms with Crippen molar-refractivity contribution < 1.29 is 8.78 Å². The summed E-state index contributed by atoms with van der Waals surface area (Å²) < 4.78 is 24.9. The molecule has 1 aromatic heterocycles. The van der Waals surface area contributed by atoms with Crippen LogP contribution in [0, 0.1) is 6.92 Å². The van der Waals surface area contributed by atoms with E-state index in [2.05, 4.69) is 4.98 Å². The summed E-state index contributed by atoms with van der Waals surface area (Å²) in [5, 5.41) is 0. The van der Waals surface area contributed by atoms with Crippen LogP contribution in [0.5, 0.6) is 0 Å². The molecule has 1 rings (SSSR count). The van der Waals surface area contributed by atoms with Crippen molar-refractivity contribution in [2.45, 2.75) is 25.8 Å². The second kappa shape index (κ2) is 3.38. The lowest BCUT2D eigenvalue weighted by Crippen LogP contribution is -2.41. The van der Waals surface area contributed by atoms with Gasteiger partial charge in [0.2, 0.25) is 0 Å². The maximum absolute atomic E-state index is 12.4. The summed E-state index contributed by atoms with van der Waals surface area (Å²) in [6.07, 6.45) is -1.08. The molecule has 2 nitrogen and oxygen atoms in total. The molecule has 0 aliphatic rings. The standard InChI is InChI=1S/C9H12F2N2/c1-6-3-4-7(13-5-6)9(2,12)8(10)11/h3-5,8H,12H2,1-2H3. The third kappa shape index (κ3) is 2.01. The summed E-state index contributed by atoms with van der Waals surface area (Å²) in [6, 6.07) is 3.25. The predicted octanol–water partition coefficient (Wildman–Crippen LogP) is 1.83. The van der Waals surface area contributed by atoms with Gasteiger partial charge in [-0.25, -0.2) is 8.78 Å². The van der Waals surface area contributed by atoms with Gasteiger partial charge < -0.3 is 5.73 Å².